The fourth-order valence-corrected chi connectivity index (χ4v) is 5.80. The van der Waals surface area contributed by atoms with Crippen molar-refractivity contribution in [1.29, 1.82) is 0 Å². The molecule has 23 heavy (non-hydrogen) atoms. The maximum atomic E-state index is 12.1. The predicted molar refractivity (Wildman–Crippen MR) is 91.8 cm³/mol. The van der Waals surface area contributed by atoms with Crippen LogP contribution in [0.2, 0.25) is 0 Å². The summed E-state index contributed by atoms with van der Waals surface area (Å²) in [5, 5.41) is 0. The minimum Gasteiger partial charge on any atom is -0.497 e. The Hall–Kier alpha value is -1.57. The van der Waals surface area contributed by atoms with Crippen LogP contribution in [-0.2, 0) is 11.2 Å². The third-order valence-electron chi connectivity index (χ3n) is 6.89. The number of carbonyl (C=O) groups excluding carboxylic acids is 1. The van der Waals surface area contributed by atoms with E-state index in [4.69, 9.17) is 4.74 Å². The van der Waals surface area contributed by atoms with Crippen LogP contribution in [0.5, 0.6) is 5.75 Å². The van der Waals surface area contributed by atoms with Crippen molar-refractivity contribution < 1.29 is 9.53 Å². The Bertz CT molecular complexity index is 687. The number of aryl methyl sites for hydroxylation is 1. The number of carbonyl (C=O) groups is 1. The van der Waals surface area contributed by atoms with E-state index in [9.17, 15) is 4.79 Å². The first kappa shape index (κ1) is 15.0. The smallest absolute Gasteiger partial charge is 0.156 e. The molecule has 4 atom stereocenters. The quantitative estimate of drug-likeness (QED) is 0.793. The molecule has 1 saturated carbocycles. The lowest BCUT2D eigenvalue weighted by atomic mass is 9.54. The highest BCUT2D eigenvalue weighted by atomic mass is 16.5. The Morgan fingerprint density at radius 3 is 2.87 bits per heavy atom. The summed E-state index contributed by atoms with van der Waals surface area (Å²) in [6.07, 6.45) is 8.11. The molecule has 0 heterocycles. The van der Waals surface area contributed by atoms with Crippen LogP contribution in [0, 0.1) is 17.3 Å². The highest BCUT2D eigenvalue weighted by Gasteiger charge is 2.52. The molecule has 0 amide bonds. The van der Waals surface area contributed by atoms with Gasteiger partial charge in [0, 0.05) is 0 Å². The Morgan fingerprint density at radius 2 is 2.13 bits per heavy atom. The van der Waals surface area contributed by atoms with E-state index in [1.54, 1.807) is 19.6 Å². The number of ketones is 1. The highest BCUT2D eigenvalue weighted by Crippen LogP contribution is 2.61. The fourth-order valence-electron chi connectivity index (χ4n) is 5.80. The molecule has 0 aromatic heterocycles. The minimum atomic E-state index is 0.122. The van der Waals surface area contributed by atoms with Gasteiger partial charge < -0.3 is 4.74 Å². The van der Waals surface area contributed by atoms with E-state index in [0.717, 1.165) is 36.5 Å². The average molecular weight is 310 g/mol. The van der Waals surface area contributed by atoms with E-state index in [1.807, 2.05) is 0 Å². The molecule has 1 fully saturated rings. The predicted octanol–water partition coefficient (Wildman–Crippen LogP) is 4.68. The van der Waals surface area contributed by atoms with Crippen molar-refractivity contribution >= 4 is 5.78 Å². The van der Waals surface area contributed by atoms with Gasteiger partial charge in [0.1, 0.15) is 5.75 Å². The van der Waals surface area contributed by atoms with Crippen LogP contribution in [0.15, 0.2) is 29.8 Å². The molecule has 122 valence electrons. The van der Waals surface area contributed by atoms with E-state index >= 15 is 0 Å². The Labute approximate surface area is 138 Å². The fraction of sp³-hybridized carbons (Fsp3) is 0.571. The van der Waals surface area contributed by atoms with Crippen molar-refractivity contribution in [3.63, 3.8) is 0 Å². The molecule has 3 aliphatic carbocycles. The van der Waals surface area contributed by atoms with Crippen molar-refractivity contribution in [2.75, 3.05) is 7.11 Å². The molecule has 0 aliphatic heterocycles. The summed E-state index contributed by atoms with van der Waals surface area (Å²) in [6.45, 7) is 4.09. The largest absolute Gasteiger partial charge is 0.497 e. The molecule has 0 saturated heterocycles. The highest BCUT2D eigenvalue weighted by molar-refractivity contribution is 5.95. The molecule has 3 unspecified atom stereocenters. The van der Waals surface area contributed by atoms with E-state index < -0.39 is 0 Å². The lowest BCUT2D eigenvalue weighted by Crippen LogP contribution is -2.42. The topological polar surface area (TPSA) is 26.3 Å². The average Bonchev–Trinajstić information content (AvgIpc) is 2.91. The number of hydrogen-bond acceptors (Lipinski definition) is 2. The van der Waals surface area contributed by atoms with Crippen molar-refractivity contribution in [3.8, 4) is 5.75 Å². The molecule has 0 bridgehead atoms. The monoisotopic (exact) mass is 310 g/mol. The zero-order valence-electron chi connectivity index (χ0n) is 14.4. The van der Waals surface area contributed by atoms with Crippen LogP contribution in [0.25, 0.3) is 0 Å². The molecule has 1 aromatic rings. The van der Waals surface area contributed by atoms with Gasteiger partial charge in [0.05, 0.1) is 7.11 Å². The number of allylic oxidation sites excluding steroid dienone is 2. The van der Waals surface area contributed by atoms with Gasteiger partial charge in [-0.2, -0.15) is 0 Å². The summed E-state index contributed by atoms with van der Waals surface area (Å²) in [4.78, 5) is 12.1. The van der Waals surface area contributed by atoms with Gasteiger partial charge >= 0.3 is 0 Å². The first-order valence-electron chi connectivity index (χ1n) is 8.93. The first-order valence-corrected chi connectivity index (χ1v) is 8.93. The van der Waals surface area contributed by atoms with Crippen LogP contribution in [0.1, 0.15) is 56.6 Å². The van der Waals surface area contributed by atoms with Crippen molar-refractivity contribution in [1.82, 2.24) is 0 Å². The molecular formula is C21H26O2. The van der Waals surface area contributed by atoms with Gasteiger partial charge in [-0.3, -0.25) is 4.79 Å². The van der Waals surface area contributed by atoms with Crippen LogP contribution in [-0.4, -0.2) is 12.9 Å². The Balaban J connectivity index is 1.67. The molecule has 3 aliphatic rings. The number of ether oxygens (including phenoxy) is 1. The Morgan fingerprint density at radius 1 is 1.30 bits per heavy atom. The summed E-state index contributed by atoms with van der Waals surface area (Å²) < 4.78 is 5.40. The third kappa shape index (κ3) is 2.10. The number of hydrogen-bond donors (Lipinski definition) is 0. The lowest BCUT2D eigenvalue weighted by Gasteiger charge is -2.50. The molecule has 4 rings (SSSR count). The zero-order valence-corrected chi connectivity index (χ0v) is 14.4. The van der Waals surface area contributed by atoms with Crippen LogP contribution in [0.3, 0.4) is 0 Å². The SMILES string of the molecule is COc1ccc2c(c1)CCC1C2CC[C@]2(C)C(C(C)=O)=CCC12. The summed E-state index contributed by atoms with van der Waals surface area (Å²) in [5.41, 5.74) is 4.26. The lowest BCUT2D eigenvalue weighted by molar-refractivity contribution is -0.115. The number of fused-ring (bicyclic) bond motifs is 5. The van der Waals surface area contributed by atoms with E-state index in [2.05, 4.69) is 31.2 Å². The van der Waals surface area contributed by atoms with Gasteiger partial charge in [-0.1, -0.05) is 19.1 Å². The second kappa shape index (κ2) is 5.22. The molecule has 2 heteroatoms. The first-order chi connectivity index (χ1) is 11.0. The number of rotatable bonds is 2. The maximum absolute atomic E-state index is 12.1. The molecule has 0 spiro atoms. The van der Waals surface area contributed by atoms with E-state index in [1.165, 1.54) is 18.4 Å². The normalized spacial score (nSPS) is 34.9. The van der Waals surface area contributed by atoms with Crippen LogP contribution >= 0.6 is 0 Å². The minimum absolute atomic E-state index is 0.122. The molecule has 0 radical (unpaired) electrons. The van der Waals surface area contributed by atoms with Crippen molar-refractivity contribution in [2.24, 2.45) is 17.3 Å². The van der Waals surface area contributed by atoms with Crippen molar-refractivity contribution in [3.05, 3.63) is 41.0 Å². The summed E-state index contributed by atoms with van der Waals surface area (Å²) in [7, 11) is 1.74. The van der Waals surface area contributed by atoms with Crippen LogP contribution in [0.4, 0.5) is 0 Å². The standard InChI is InChI=1S/C21H26O2/c1-13(22)19-8-9-20-18-6-4-14-12-15(23-3)5-7-16(14)17(18)10-11-21(19,20)2/h5,7-8,12,17-18,20H,4,6,9-11H2,1-3H3/t17?,18?,20?,21-/m1/s1. The van der Waals surface area contributed by atoms with Gasteiger partial charge in [0.2, 0.25) is 0 Å². The zero-order chi connectivity index (χ0) is 16.2. The number of methoxy groups -OCH3 is 1. The molecule has 0 N–H and O–H groups in total. The summed E-state index contributed by atoms with van der Waals surface area (Å²) >= 11 is 0. The maximum Gasteiger partial charge on any atom is 0.156 e. The second-order valence-corrected chi connectivity index (χ2v) is 7.85. The molecular weight excluding hydrogens is 284 g/mol. The van der Waals surface area contributed by atoms with Crippen LogP contribution < -0.4 is 4.74 Å². The number of benzene rings is 1. The van der Waals surface area contributed by atoms with E-state index in [0.29, 0.717) is 11.8 Å². The molecule has 2 nitrogen and oxygen atoms in total. The second-order valence-electron chi connectivity index (χ2n) is 7.85. The van der Waals surface area contributed by atoms with Gasteiger partial charge in [0.25, 0.3) is 0 Å². The van der Waals surface area contributed by atoms with Gasteiger partial charge in [-0.25, -0.2) is 0 Å². The summed E-state index contributed by atoms with van der Waals surface area (Å²) in [5.74, 6) is 3.30. The van der Waals surface area contributed by atoms with Crippen molar-refractivity contribution in [2.45, 2.75) is 51.9 Å². The molecule has 1 aromatic carbocycles. The van der Waals surface area contributed by atoms with Gasteiger partial charge in [0.15, 0.2) is 5.78 Å². The van der Waals surface area contributed by atoms with E-state index in [-0.39, 0.29) is 11.2 Å². The Kier molecular flexibility index (Phi) is 3.40. The van der Waals surface area contributed by atoms with Gasteiger partial charge in [-0.15, -0.1) is 0 Å². The van der Waals surface area contributed by atoms with Gasteiger partial charge in [-0.05, 0) is 91.0 Å². The third-order valence-corrected chi connectivity index (χ3v) is 6.89. The number of Topliss-reactive ketones (excluding diaryl/α,β-unsaturated/α-hetero) is 1. The summed E-state index contributed by atoms with van der Waals surface area (Å²) in [6, 6.07) is 6.64.